The molecule has 2 aromatic rings. The molecule has 0 unspecified atom stereocenters. The number of nitrogens with two attached hydrogens (primary N) is 2. The van der Waals surface area contributed by atoms with Gasteiger partial charge in [0.1, 0.15) is 17.4 Å². The lowest BCUT2D eigenvalue weighted by atomic mass is 10.2. The molecule has 0 saturated heterocycles. The standard InChI is InChI=1S/C14H14ClFN2O2/c1-19-9-4-2-8(3-5-9)7-20-14-11(18)6-10(17)12(15)13(14)16/h2-6H,7,17-18H2,1H3. The van der Waals surface area contributed by atoms with Crippen molar-refractivity contribution >= 4 is 23.0 Å². The molecule has 0 spiro atoms. The Balaban J connectivity index is 2.16. The minimum atomic E-state index is -0.752. The second-order valence-corrected chi connectivity index (χ2v) is 4.53. The summed E-state index contributed by atoms with van der Waals surface area (Å²) in [6.45, 7) is 0.158. The minimum absolute atomic E-state index is 0.0819. The van der Waals surface area contributed by atoms with Crippen LogP contribution >= 0.6 is 11.6 Å². The number of benzene rings is 2. The van der Waals surface area contributed by atoms with Gasteiger partial charge in [0, 0.05) is 0 Å². The molecule has 0 radical (unpaired) electrons. The highest BCUT2D eigenvalue weighted by molar-refractivity contribution is 6.33. The number of hydrogen-bond donors (Lipinski definition) is 2. The van der Waals surface area contributed by atoms with Crippen molar-refractivity contribution in [1.82, 2.24) is 0 Å². The highest BCUT2D eigenvalue weighted by Crippen LogP contribution is 2.35. The summed E-state index contributed by atoms with van der Waals surface area (Å²) in [6.07, 6.45) is 0. The Kier molecular flexibility index (Phi) is 4.20. The predicted molar refractivity (Wildman–Crippen MR) is 77.6 cm³/mol. The molecule has 0 aliphatic heterocycles. The van der Waals surface area contributed by atoms with E-state index in [9.17, 15) is 4.39 Å². The molecule has 20 heavy (non-hydrogen) atoms. The largest absolute Gasteiger partial charge is 0.497 e. The molecule has 6 heteroatoms. The summed E-state index contributed by atoms with van der Waals surface area (Å²) in [5.41, 5.74) is 12.2. The third kappa shape index (κ3) is 2.88. The molecule has 0 fully saturated rings. The van der Waals surface area contributed by atoms with E-state index in [1.807, 2.05) is 12.1 Å². The second-order valence-electron chi connectivity index (χ2n) is 4.15. The Hall–Kier alpha value is -2.14. The number of methoxy groups -OCH3 is 1. The van der Waals surface area contributed by atoms with Crippen LogP contribution < -0.4 is 20.9 Å². The molecule has 2 rings (SSSR count). The van der Waals surface area contributed by atoms with Gasteiger partial charge in [-0.3, -0.25) is 0 Å². The van der Waals surface area contributed by atoms with Crippen LogP contribution in [0.1, 0.15) is 5.56 Å². The first-order valence-electron chi connectivity index (χ1n) is 5.81. The van der Waals surface area contributed by atoms with E-state index in [4.69, 9.17) is 32.5 Å². The van der Waals surface area contributed by atoms with Gasteiger partial charge >= 0.3 is 0 Å². The van der Waals surface area contributed by atoms with Gasteiger partial charge in [-0.2, -0.15) is 0 Å². The van der Waals surface area contributed by atoms with Crippen LogP contribution in [-0.2, 0) is 6.61 Å². The maximum Gasteiger partial charge on any atom is 0.187 e. The fourth-order valence-electron chi connectivity index (χ4n) is 1.67. The Morgan fingerprint density at radius 1 is 1.15 bits per heavy atom. The minimum Gasteiger partial charge on any atom is -0.497 e. The van der Waals surface area contributed by atoms with Gasteiger partial charge in [-0.05, 0) is 23.8 Å². The lowest BCUT2D eigenvalue weighted by molar-refractivity contribution is 0.292. The van der Waals surface area contributed by atoms with Gasteiger partial charge in [-0.25, -0.2) is 4.39 Å². The average molecular weight is 297 g/mol. The van der Waals surface area contributed by atoms with Gasteiger partial charge in [0.05, 0.1) is 18.5 Å². The molecule has 0 amide bonds. The van der Waals surface area contributed by atoms with Crippen molar-refractivity contribution in [2.24, 2.45) is 0 Å². The monoisotopic (exact) mass is 296 g/mol. The smallest absolute Gasteiger partial charge is 0.187 e. The van der Waals surface area contributed by atoms with E-state index < -0.39 is 5.82 Å². The quantitative estimate of drug-likeness (QED) is 0.850. The van der Waals surface area contributed by atoms with Crippen LogP contribution in [0, 0.1) is 5.82 Å². The highest BCUT2D eigenvalue weighted by atomic mass is 35.5. The van der Waals surface area contributed by atoms with Crippen LogP contribution in [0.25, 0.3) is 0 Å². The van der Waals surface area contributed by atoms with Crippen LogP contribution in [0.15, 0.2) is 30.3 Å². The first kappa shape index (κ1) is 14.3. The number of ether oxygens (including phenoxy) is 2. The number of hydrogen-bond acceptors (Lipinski definition) is 4. The molecule has 106 valence electrons. The molecule has 4 N–H and O–H groups in total. The fraction of sp³-hybridized carbons (Fsp3) is 0.143. The van der Waals surface area contributed by atoms with Crippen LogP contribution in [0.2, 0.25) is 5.02 Å². The van der Waals surface area contributed by atoms with Crippen LogP contribution in [0.5, 0.6) is 11.5 Å². The molecular formula is C14H14ClFN2O2. The summed E-state index contributed by atoms with van der Waals surface area (Å²) in [7, 11) is 1.58. The normalized spacial score (nSPS) is 10.3. The summed E-state index contributed by atoms with van der Waals surface area (Å²) in [5, 5.41) is -0.191. The lowest BCUT2D eigenvalue weighted by Gasteiger charge is -2.12. The number of halogens is 2. The molecule has 0 aromatic heterocycles. The van der Waals surface area contributed by atoms with Crippen LogP contribution in [0.3, 0.4) is 0 Å². The summed E-state index contributed by atoms with van der Waals surface area (Å²) >= 11 is 5.72. The van der Waals surface area contributed by atoms with Gasteiger partial charge in [0.25, 0.3) is 0 Å². The second kappa shape index (κ2) is 5.88. The Morgan fingerprint density at radius 3 is 2.40 bits per heavy atom. The van der Waals surface area contributed by atoms with Crippen LogP contribution in [-0.4, -0.2) is 7.11 Å². The molecule has 2 aromatic carbocycles. The van der Waals surface area contributed by atoms with Gasteiger partial charge in [0.15, 0.2) is 11.6 Å². The predicted octanol–water partition coefficient (Wildman–Crippen LogP) is 3.23. The third-order valence-corrected chi connectivity index (χ3v) is 3.15. The number of rotatable bonds is 4. The molecule has 0 saturated carbocycles. The number of anilines is 2. The third-order valence-electron chi connectivity index (χ3n) is 2.76. The van der Waals surface area contributed by atoms with E-state index >= 15 is 0 Å². The first-order valence-corrected chi connectivity index (χ1v) is 6.19. The van der Waals surface area contributed by atoms with Crippen molar-refractivity contribution in [3.63, 3.8) is 0 Å². The molecule has 0 aliphatic carbocycles. The Morgan fingerprint density at radius 2 is 1.80 bits per heavy atom. The molecular weight excluding hydrogens is 283 g/mol. The zero-order chi connectivity index (χ0) is 14.7. The van der Waals surface area contributed by atoms with E-state index in [0.29, 0.717) is 0 Å². The summed E-state index contributed by atoms with van der Waals surface area (Å²) in [6, 6.07) is 8.56. The summed E-state index contributed by atoms with van der Waals surface area (Å²) in [5.74, 6) is -0.118. The maximum atomic E-state index is 13.9. The Labute approximate surface area is 121 Å². The van der Waals surface area contributed by atoms with Gasteiger partial charge < -0.3 is 20.9 Å². The van der Waals surface area contributed by atoms with Gasteiger partial charge in [0.2, 0.25) is 0 Å². The molecule has 0 aliphatic rings. The van der Waals surface area contributed by atoms with E-state index in [1.165, 1.54) is 6.07 Å². The first-order chi connectivity index (χ1) is 9.52. The van der Waals surface area contributed by atoms with Crippen molar-refractivity contribution in [3.05, 3.63) is 46.7 Å². The molecule has 0 atom stereocenters. The van der Waals surface area contributed by atoms with Crippen molar-refractivity contribution in [2.45, 2.75) is 6.61 Å². The lowest BCUT2D eigenvalue weighted by Crippen LogP contribution is -2.03. The highest BCUT2D eigenvalue weighted by Gasteiger charge is 2.15. The van der Waals surface area contributed by atoms with E-state index in [2.05, 4.69) is 0 Å². The maximum absolute atomic E-state index is 13.9. The molecule has 0 bridgehead atoms. The summed E-state index contributed by atoms with van der Waals surface area (Å²) in [4.78, 5) is 0. The molecule has 0 heterocycles. The SMILES string of the molecule is COc1ccc(COc2c(N)cc(N)c(Cl)c2F)cc1. The average Bonchev–Trinajstić information content (AvgIpc) is 2.45. The zero-order valence-corrected chi connectivity index (χ0v) is 11.6. The van der Waals surface area contributed by atoms with Crippen molar-refractivity contribution in [2.75, 3.05) is 18.6 Å². The summed E-state index contributed by atoms with van der Waals surface area (Å²) < 4.78 is 24.3. The van der Waals surface area contributed by atoms with Crippen LogP contribution in [0.4, 0.5) is 15.8 Å². The topological polar surface area (TPSA) is 70.5 Å². The van der Waals surface area contributed by atoms with Gasteiger partial charge in [-0.1, -0.05) is 23.7 Å². The van der Waals surface area contributed by atoms with E-state index in [0.717, 1.165) is 11.3 Å². The van der Waals surface area contributed by atoms with E-state index in [1.54, 1.807) is 19.2 Å². The molecule has 4 nitrogen and oxygen atoms in total. The van der Waals surface area contributed by atoms with E-state index in [-0.39, 0.29) is 28.8 Å². The van der Waals surface area contributed by atoms with Crippen molar-refractivity contribution < 1.29 is 13.9 Å². The number of nitrogen functional groups attached to an aromatic ring is 2. The van der Waals surface area contributed by atoms with Crippen molar-refractivity contribution in [1.29, 1.82) is 0 Å². The Bertz CT molecular complexity index is 618. The van der Waals surface area contributed by atoms with Crippen molar-refractivity contribution in [3.8, 4) is 11.5 Å². The fourth-order valence-corrected chi connectivity index (χ4v) is 1.81. The van der Waals surface area contributed by atoms with Gasteiger partial charge in [-0.15, -0.1) is 0 Å². The zero-order valence-electron chi connectivity index (χ0n) is 10.8.